The van der Waals surface area contributed by atoms with Gasteiger partial charge < -0.3 is 20.7 Å². The summed E-state index contributed by atoms with van der Waals surface area (Å²) in [5.74, 6) is 0.451. The Morgan fingerprint density at radius 1 is 1.33 bits per heavy atom. The topological polar surface area (TPSA) is 106 Å². The molecular weight excluding hydrogens is 236 g/mol. The van der Waals surface area contributed by atoms with Crippen molar-refractivity contribution in [2.75, 3.05) is 42.7 Å². The Morgan fingerprint density at radius 2 is 2.00 bits per heavy atom. The molecule has 1 aromatic rings. The van der Waals surface area contributed by atoms with Crippen LogP contribution in [0.1, 0.15) is 13.8 Å². The number of hydrogen-bond acceptors (Lipinski definition) is 8. The Bertz CT molecular complexity index is 407. The maximum Gasteiger partial charge on any atom is 0.325 e. The van der Waals surface area contributed by atoms with E-state index in [1.165, 1.54) is 7.11 Å². The first-order valence-electron chi connectivity index (χ1n) is 5.67. The first-order chi connectivity index (χ1) is 8.60. The maximum atomic E-state index is 11.0. The molecule has 0 amide bonds. The number of nitrogens with two attached hydrogens (primary N) is 1. The minimum atomic E-state index is -0.404. The summed E-state index contributed by atoms with van der Waals surface area (Å²) in [7, 11) is 1.31. The van der Waals surface area contributed by atoms with Crippen molar-refractivity contribution < 1.29 is 9.53 Å². The summed E-state index contributed by atoms with van der Waals surface area (Å²) >= 11 is 0. The zero-order valence-corrected chi connectivity index (χ0v) is 10.8. The van der Waals surface area contributed by atoms with Crippen molar-refractivity contribution in [3.63, 3.8) is 0 Å². The molecule has 1 heterocycles. The van der Waals surface area contributed by atoms with Crippen LogP contribution in [0.2, 0.25) is 0 Å². The van der Waals surface area contributed by atoms with Crippen LogP contribution in [-0.4, -0.2) is 47.7 Å². The van der Waals surface area contributed by atoms with E-state index in [-0.39, 0.29) is 18.4 Å². The zero-order valence-electron chi connectivity index (χ0n) is 10.8. The molecule has 3 N–H and O–H groups in total. The van der Waals surface area contributed by atoms with E-state index < -0.39 is 5.97 Å². The number of hydrogen-bond donors (Lipinski definition) is 2. The van der Waals surface area contributed by atoms with E-state index >= 15 is 0 Å². The molecule has 0 unspecified atom stereocenters. The minimum Gasteiger partial charge on any atom is -0.468 e. The van der Waals surface area contributed by atoms with Crippen molar-refractivity contribution in [3.8, 4) is 0 Å². The molecule has 0 atom stereocenters. The third-order valence-electron chi connectivity index (χ3n) is 2.31. The summed E-state index contributed by atoms with van der Waals surface area (Å²) in [6.45, 7) is 5.49. The number of carbonyl (C=O) groups is 1. The highest BCUT2D eigenvalue weighted by Gasteiger charge is 2.10. The Balaban J connectivity index is 2.83. The van der Waals surface area contributed by atoms with E-state index in [1.54, 1.807) is 0 Å². The third kappa shape index (κ3) is 3.72. The number of anilines is 3. The molecule has 18 heavy (non-hydrogen) atoms. The molecule has 0 radical (unpaired) electrons. The van der Waals surface area contributed by atoms with Gasteiger partial charge in [-0.05, 0) is 13.8 Å². The second kappa shape index (κ2) is 6.58. The standard InChI is InChI=1S/C10H18N6O2/c1-4-16(5-2)10-14-8(11)13-9(15-10)12-6-7(17)18-3/h4-6H2,1-3H3,(H3,11,12,13,14,15). The van der Waals surface area contributed by atoms with Crippen LogP contribution in [0.3, 0.4) is 0 Å². The van der Waals surface area contributed by atoms with Gasteiger partial charge in [-0.2, -0.15) is 15.0 Å². The lowest BCUT2D eigenvalue weighted by atomic mass is 10.5. The summed E-state index contributed by atoms with van der Waals surface area (Å²) in [5, 5.41) is 2.74. The van der Waals surface area contributed by atoms with Crippen LogP contribution in [0.5, 0.6) is 0 Å². The lowest BCUT2D eigenvalue weighted by Crippen LogP contribution is -2.26. The number of nitrogen functional groups attached to an aromatic ring is 1. The first-order valence-corrected chi connectivity index (χ1v) is 5.67. The fourth-order valence-electron chi connectivity index (χ4n) is 1.33. The molecule has 0 saturated heterocycles. The van der Waals surface area contributed by atoms with E-state index in [0.29, 0.717) is 5.95 Å². The van der Waals surface area contributed by atoms with Crippen LogP contribution in [0.25, 0.3) is 0 Å². The SMILES string of the molecule is CCN(CC)c1nc(N)nc(NCC(=O)OC)n1. The van der Waals surface area contributed by atoms with Gasteiger partial charge in [0.2, 0.25) is 17.8 Å². The van der Waals surface area contributed by atoms with Crippen molar-refractivity contribution in [2.24, 2.45) is 0 Å². The average Bonchev–Trinajstić information content (AvgIpc) is 2.37. The second-order valence-corrected chi connectivity index (χ2v) is 3.42. The average molecular weight is 254 g/mol. The van der Waals surface area contributed by atoms with Crippen molar-refractivity contribution >= 4 is 23.8 Å². The fourth-order valence-corrected chi connectivity index (χ4v) is 1.33. The molecule has 0 aromatic carbocycles. The lowest BCUT2D eigenvalue weighted by Gasteiger charge is -2.18. The van der Waals surface area contributed by atoms with E-state index in [9.17, 15) is 4.79 Å². The van der Waals surface area contributed by atoms with Gasteiger partial charge in [-0.1, -0.05) is 0 Å². The number of nitrogens with one attached hydrogen (secondary N) is 1. The van der Waals surface area contributed by atoms with Gasteiger partial charge in [0.25, 0.3) is 0 Å². The number of aromatic nitrogens is 3. The van der Waals surface area contributed by atoms with Crippen LogP contribution < -0.4 is 16.0 Å². The number of nitrogens with zero attached hydrogens (tertiary/aromatic N) is 4. The molecule has 1 rings (SSSR count). The highest BCUT2D eigenvalue weighted by atomic mass is 16.5. The summed E-state index contributed by atoms with van der Waals surface area (Å²) in [4.78, 5) is 25.1. The van der Waals surface area contributed by atoms with Crippen molar-refractivity contribution in [2.45, 2.75) is 13.8 Å². The smallest absolute Gasteiger partial charge is 0.325 e. The Labute approximate surface area is 106 Å². The number of carbonyl (C=O) groups excluding carboxylic acids is 1. The first kappa shape index (κ1) is 13.9. The molecule has 100 valence electrons. The third-order valence-corrected chi connectivity index (χ3v) is 2.31. The van der Waals surface area contributed by atoms with E-state index in [4.69, 9.17) is 5.73 Å². The van der Waals surface area contributed by atoms with Crippen LogP contribution in [0.4, 0.5) is 17.8 Å². The monoisotopic (exact) mass is 254 g/mol. The van der Waals surface area contributed by atoms with Crippen molar-refractivity contribution in [1.29, 1.82) is 0 Å². The number of methoxy groups -OCH3 is 1. The number of rotatable bonds is 6. The Hall–Kier alpha value is -2.12. The molecule has 0 aliphatic carbocycles. The molecule has 1 aromatic heterocycles. The lowest BCUT2D eigenvalue weighted by molar-refractivity contribution is -0.138. The van der Waals surface area contributed by atoms with Gasteiger partial charge in [-0.3, -0.25) is 4.79 Å². The highest BCUT2D eigenvalue weighted by molar-refractivity contribution is 5.74. The molecular formula is C10H18N6O2. The zero-order chi connectivity index (χ0) is 13.5. The Kier molecular flexibility index (Phi) is 5.09. The quantitative estimate of drug-likeness (QED) is 0.677. The molecule has 0 bridgehead atoms. The number of esters is 1. The molecule has 8 nitrogen and oxygen atoms in total. The van der Waals surface area contributed by atoms with Gasteiger partial charge in [-0.15, -0.1) is 0 Å². The largest absolute Gasteiger partial charge is 0.468 e. The van der Waals surface area contributed by atoms with Gasteiger partial charge in [0, 0.05) is 13.1 Å². The molecule has 0 saturated carbocycles. The van der Waals surface area contributed by atoms with E-state index in [2.05, 4.69) is 25.0 Å². The molecule has 8 heteroatoms. The Morgan fingerprint density at radius 3 is 2.56 bits per heavy atom. The fraction of sp³-hybridized carbons (Fsp3) is 0.600. The second-order valence-electron chi connectivity index (χ2n) is 3.42. The molecule has 0 aliphatic heterocycles. The predicted octanol–water partition coefficient (Wildman–Crippen LogP) is -0.115. The van der Waals surface area contributed by atoms with Crippen LogP contribution in [-0.2, 0) is 9.53 Å². The predicted molar refractivity (Wildman–Crippen MR) is 68.3 cm³/mol. The van der Waals surface area contributed by atoms with Crippen molar-refractivity contribution in [1.82, 2.24) is 15.0 Å². The van der Waals surface area contributed by atoms with Gasteiger partial charge >= 0.3 is 5.97 Å². The minimum absolute atomic E-state index is 0.0162. The van der Waals surface area contributed by atoms with Crippen LogP contribution in [0, 0.1) is 0 Å². The highest BCUT2D eigenvalue weighted by Crippen LogP contribution is 2.11. The maximum absolute atomic E-state index is 11.0. The summed E-state index contributed by atoms with van der Waals surface area (Å²) in [6, 6.07) is 0. The van der Waals surface area contributed by atoms with Gasteiger partial charge in [0.1, 0.15) is 6.54 Å². The summed E-state index contributed by atoms with van der Waals surface area (Å²) in [5.41, 5.74) is 5.60. The van der Waals surface area contributed by atoms with Crippen molar-refractivity contribution in [3.05, 3.63) is 0 Å². The number of ether oxygens (including phenoxy) is 1. The van der Waals surface area contributed by atoms with Gasteiger partial charge in [0.05, 0.1) is 7.11 Å². The summed E-state index contributed by atoms with van der Waals surface area (Å²) < 4.78 is 4.51. The molecule has 0 fully saturated rings. The molecule has 0 spiro atoms. The van der Waals surface area contributed by atoms with E-state index in [1.807, 2.05) is 18.7 Å². The molecule has 0 aliphatic rings. The van der Waals surface area contributed by atoms with Gasteiger partial charge in [0.15, 0.2) is 0 Å². The summed E-state index contributed by atoms with van der Waals surface area (Å²) in [6.07, 6.45) is 0. The van der Waals surface area contributed by atoms with Crippen LogP contribution in [0.15, 0.2) is 0 Å². The van der Waals surface area contributed by atoms with Crippen LogP contribution >= 0.6 is 0 Å². The van der Waals surface area contributed by atoms with Gasteiger partial charge in [-0.25, -0.2) is 0 Å². The van der Waals surface area contributed by atoms with E-state index in [0.717, 1.165) is 13.1 Å². The normalized spacial score (nSPS) is 9.94.